The van der Waals surface area contributed by atoms with Crippen LogP contribution in [-0.4, -0.2) is 56.0 Å². The van der Waals surface area contributed by atoms with Crippen molar-refractivity contribution in [3.8, 4) is 0 Å². The van der Waals surface area contributed by atoms with Crippen LogP contribution in [0.2, 0.25) is 0 Å². The fourth-order valence-electron chi connectivity index (χ4n) is 1.28. The number of hydrogen-bond donors (Lipinski definition) is 0. The Balaban J connectivity index is 2.13. The zero-order chi connectivity index (χ0) is 9.68. The molecule has 1 fully saturated rings. The highest BCUT2D eigenvalue weighted by Gasteiger charge is 2.18. The van der Waals surface area contributed by atoms with Crippen molar-refractivity contribution in [1.29, 1.82) is 0 Å². The SMILES string of the molecule is CSC(C)OCC1CN(C)CCO1. The molecule has 4 heteroatoms. The average Bonchev–Trinajstić information content (AvgIpc) is 2.14. The second-order valence-corrected chi connectivity index (χ2v) is 4.53. The third-order valence-corrected chi connectivity index (χ3v) is 2.99. The van der Waals surface area contributed by atoms with Gasteiger partial charge < -0.3 is 14.4 Å². The van der Waals surface area contributed by atoms with Crippen molar-refractivity contribution in [3.63, 3.8) is 0 Å². The maximum absolute atomic E-state index is 5.59. The lowest BCUT2D eigenvalue weighted by Crippen LogP contribution is -2.42. The largest absolute Gasteiger partial charge is 0.373 e. The minimum absolute atomic E-state index is 0.258. The van der Waals surface area contributed by atoms with Gasteiger partial charge in [-0.1, -0.05) is 0 Å². The van der Waals surface area contributed by atoms with Gasteiger partial charge in [0.15, 0.2) is 0 Å². The van der Waals surface area contributed by atoms with E-state index in [4.69, 9.17) is 9.47 Å². The molecule has 0 spiro atoms. The van der Waals surface area contributed by atoms with E-state index in [2.05, 4.69) is 25.1 Å². The molecule has 3 nitrogen and oxygen atoms in total. The molecule has 1 heterocycles. The van der Waals surface area contributed by atoms with Gasteiger partial charge in [-0.2, -0.15) is 0 Å². The van der Waals surface area contributed by atoms with E-state index in [0.717, 1.165) is 19.7 Å². The Kier molecular flexibility index (Phi) is 5.09. The standard InChI is InChI=1S/C9H19NO2S/c1-8(13-3)12-7-9-6-10(2)4-5-11-9/h8-9H,4-7H2,1-3H3. The Bertz CT molecular complexity index is 146. The first kappa shape index (κ1) is 11.3. The van der Waals surface area contributed by atoms with E-state index in [1.165, 1.54) is 0 Å². The molecular weight excluding hydrogens is 186 g/mol. The molecular formula is C9H19NO2S. The van der Waals surface area contributed by atoms with Crippen LogP contribution in [0.3, 0.4) is 0 Å². The molecule has 1 rings (SSSR count). The van der Waals surface area contributed by atoms with E-state index < -0.39 is 0 Å². The molecule has 78 valence electrons. The summed E-state index contributed by atoms with van der Waals surface area (Å²) in [5, 5.41) is 0. The van der Waals surface area contributed by atoms with Gasteiger partial charge in [-0.25, -0.2) is 0 Å². The van der Waals surface area contributed by atoms with Crippen molar-refractivity contribution in [2.75, 3.05) is 39.6 Å². The molecule has 1 saturated heterocycles. The van der Waals surface area contributed by atoms with Crippen LogP contribution in [0.15, 0.2) is 0 Å². The second kappa shape index (κ2) is 5.86. The zero-order valence-corrected chi connectivity index (χ0v) is 9.47. The summed E-state index contributed by atoms with van der Waals surface area (Å²) in [5.74, 6) is 0. The molecule has 0 aliphatic carbocycles. The second-order valence-electron chi connectivity index (χ2n) is 3.39. The summed E-state index contributed by atoms with van der Waals surface area (Å²) in [5.41, 5.74) is 0.274. The van der Waals surface area contributed by atoms with E-state index in [9.17, 15) is 0 Å². The summed E-state index contributed by atoms with van der Waals surface area (Å²) < 4.78 is 11.2. The number of nitrogens with zero attached hydrogens (tertiary/aromatic N) is 1. The van der Waals surface area contributed by atoms with Gasteiger partial charge in [-0.3, -0.25) is 0 Å². The highest BCUT2D eigenvalue weighted by Crippen LogP contribution is 2.09. The Labute approximate surface area is 84.8 Å². The average molecular weight is 205 g/mol. The van der Waals surface area contributed by atoms with Crippen LogP contribution >= 0.6 is 11.8 Å². The molecule has 0 N–H and O–H groups in total. The highest BCUT2D eigenvalue weighted by atomic mass is 32.2. The van der Waals surface area contributed by atoms with Gasteiger partial charge in [-0.15, -0.1) is 11.8 Å². The Morgan fingerprint density at radius 1 is 1.69 bits per heavy atom. The summed E-state index contributed by atoms with van der Waals surface area (Å²) in [4.78, 5) is 2.28. The van der Waals surface area contributed by atoms with Crippen LogP contribution in [-0.2, 0) is 9.47 Å². The Hall–Kier alpha value is 0.230. The van der Waals surface area contributed by atoms with E-state index in [1.807, 2.05) is 0 Å². The first-order valence-corrected chi connectivity index (χ1v) is 5.95. The number of morpholine rings is 1. The molecule has 0 aromatic carbocycles. The van der Waals surface area contributed by atoms with Gasteiger partial charge in [0.05, 0.1) is 24.8 Å². The van der Waals surface area contributed by atoms with Crippen LogP contribution < -0.4 is 0 Å². The number of rotatable bonds is 4. The van der Waals surface area contributed by atoms with Crippen molar-refractivity contribution in [1.82, 2.24) is 4.90 Å². The summed E-state index contributed by atoms with van der Waals surface area (Å²) in [6.45, 7) is 5.64. The molecule has 0 bridgehead atoms. The molecule has 1 aliphatic rings. The van der Waals surface area contributed by atoms with E-state index in [-0.39, 0.29) is 11.5 Å². The third kappa shape index (κ3) is 4.31. The lowest BCUT2D eigenvalue weighted by molar-refractivity contribution is -0.0653. The van der Waals surface area contributed by atoms with Gasteiger partial charge in [-0.05, 0) is 20.2 Å². The lowest BCUT2D eigenvalue weighted by atomic mass is 10.3. The highest BCUT2D eigenvalue weighted by molar-refractivity contribution is 7.99. The van der Waals surface area contributed by atoms with E-state index >= 15 is 0 Å². The van der Waals surface area contributed by atoms with Crippen molar-refractivity contribution >= 4 is 11.8 Å². The van der Waals surface area contributed by atoms with Crippen LogP contribution in [0.4, 0.5) is 0 Å². The number of ether oxygens (including phenoxy) is 2. The monoisotopic (exact) mass is 205 g/mol. The van der Waals surface area contributed by atoms with Crippen molar-refractivity contribution in [2.24, 2.45) is 0 Å². The van der Waals surface area contributed by atoms with Crippen molar-refractivity contribution < 1.29 is 9.47 Å². The normalized spacial score (nSPS) is 27.5. The summed E-state index contributed by atoms with van der Waals surface area (Å²) in [6.07, 6.45) is 2.31. The number of thioether (sulfide) groups is 1. The summed E-state index contributed by atoms with van der Waals surface area (Å²) in [7, 11) is 2.12. The third-order valence-electron chi connectivity index (χ3n) is 2.19. The number of likely N-dealkylation sites (N-methyl/N-ethyl adjacent to an activating group) is 1. The molecule has 1 aliphatic heterocycles. The fourth-order valence-corrected chi connectivity index (χ4v) is 1.49. The topological polar surface area (TPSA) is 21.7 Å². The van der Waals surface area contributed by atoms with Crippen molar-refractivity contribution in [3.05, 3.63) is 0 Å². The van der Waals surface area contributed by atoms with Crippen molar-refractivity contribution in [2.45, 2.75) is 18.5 Å². The van der Waals surface area contributed by atoms with E-state index in [1.54, 1.807) is 11.8 Å². The fraction of sp³-hybridized carbons (Fsp3) is 1.00. The molecule has 0 radical (unpaired) electrons. The Morgan fingerprint density at radius 3 is 3.08 bits per heavy atom. The molecule has 0 saturated carbocycles. The smallest absolute Gasteiger partial charge is 0.0998 e. The molecule has 0 aromatic rings. The molecule has 13 heavy (non-hydrogen) atoms. The van der Waals surface area contributed by atoms with Gasteiger partial charge in [0, 0.05) is 13.1 Å². The first-order chi connectivity index (χ1) is 6.22. The maximum Gasteiger partial charge on any atom is 0.0998 e. The summed E-state index contributed by atoms with van der Waals surface area (Å²) in [6, 6.07) is 0. The van der Waals surface area contributed by atoms with Crippen LogP contribution in [0.5, 0.6) is 0 Å². The minimum Gasteiger partial charge on any atom is -0.373 e. The van der Waals surface area contributed by atoms with Gasteiger partial charge >= 0.3 is 0 Å². The zero-order valence-electron chi connectivity index (χ0n) is 8.66. The van der Waals surface area contributed by atoms with E-state index in [0.29, 0.717) is 6.61 Å². The predicted molar refractivity (Wildman–Crippen MR) is 56.2 cm³/mol. The molecule has 0 aromatic heterocycles. The molecule has 0 amide bonds. The maximum atomic E-state index is 5.59. The Morgan fingerprint density at radius 2 is 2.46 bits per heavy atom. The molecule has 2 unspecified atom stereocenters. The van der Waals surface area contributed by atoms with Gasteiger partial charge in [0.1, 0.15) is 0 Å². The van der Waals surface area contributed by atoms with Crippen LogP contribution in [0.25, 0.3) is 0 Å². The lowest BCUT2D eigenvalue weighted by Gasteiger charge is -2.30. The quantitative estimate of drug-likeness (QED) is 0.639. The van der Waals surface area contributed by atoms with Crippen LogP contribution in [0, 0.1) is 0 Å². The van der Waals surface area contributed by atoms with Crippen LogP contribution in [0.1, 0.15) is 6.92 Å². The minimum atomic E-state index is 0.258. The summed E-state index contributed by atoms with van der Waals surface area (Å²) >= 11 is 1.72. The first-order valence-electron chi connectivity index (χ1n) is 4.67. The molecule has 2 atom stereocenters. The van der Waals surface area contributed by atoms with Gasteiger partial charge in [0.2, 0.25) is 0 Å². The van der Waals surface area contributed by atoms with Gasteiger partial charge in [0.25, 0.3) is 0 Å². The number of hydrogen-bond acceptors (Lipinski definition) is 4. The predicted octanol–water partition coefficient (Wildman–Crippen LogP) is 1.04.